The van der Waals surface area contributed by atoms with Gasteiger partial charge in [-0.15, -0.1) is 0 Å². The van der Waals surface area contributed by atoms with Crippen LogP contribution in [0.4, 0.5) is 4.39 Å². The number of benzene rings is 4. The minimum absolute atomic E-state index is 0.392. The van der Waals surface area contributed by atoms with Crippen LogP contribution in [0.15, 0.2) is 109 Å². The molecule has 0 heterocycles. The third-order valence-electron chi connectivity index (χ3n) is 5.09. The first-order chi connectivity index (χ1) is 14.6. The molecule has 3 nitrogen and oxygen atoms in total. The molecular formula is C25H20BFO3. The molecule has 0 aliphatic carbocycles. The van der Waals surface area contributed by atoms with Gasteiger partial charge in [-0.3, -0.25) is 0 Å². The van der Waals surface area contributed by atoms with Gasteiger partial charge in [0.1, 0.15) is 11.4 Å². The van der Waals surface area contributed by atoms with Gasteiger partial charge in [0.15, 0.2) is 0 Å². The summed E-state index contributed by atoms with van der Waals surface area (Å²) in [5.74, 6) is -0.392. The average molecular weight is 398 g/mol. The monoisotopic (exact) mass is 398 g/mol. The summed E-state index contributed by atoms with van der Waals surface area (Å²) < 4.78 is 20.2. The Balaban J connectivity index is 2.10. The van der Waals surface area contributed by atoms with Crippen molar-refractivity contribution in [1.82, 2.24) is 0 Å². The van der Waals surface area contributed by atoms with Crippen molar-refractivity contribution in [2.24, 2.45) is 0 Å². The fourth-order valence-corrected chi connectivity index (χ4v) is 3.86. The van der Waals surface area contributed by atoms with Crippen molar-refractivity contribution in [3.8, 4) is 11.1 Å². The third-order valence-corrected chi connectivity index (χ3v) is 5.09. The molecule has 148 valence electrons. The van der Waals surface area contributed by atoms with Gasteiger partial charge < -0.3 is 14.7 Å². The summed E-state index contributed by atoms with van der Waals surface area (Å²) in [5.41, 5.74) is 1.99. The molecule has 0 amide bonds. The molecule has 4 rings (SSSR count). The second-order valence-electron chi connectivity index (χ2n) is 6.91. The van der Waals surface area contributed by atoms with Gasteiger partial charge in [0.05, 0.1) is 0 Å². The normalized spacial score (nSPS) is 11.3. The second-order valence-corrected chi connectivity index (χ2v) is 6.91. The van der Waals surface area contributed by atoms with Crippen LogP contribution in [-0.4, -0.2) is 17.4 Å². The van der Waals surface area contributed by atoms with E-state index in [2.05, 4.69) is 0 Å². The summed E-state index contributed by atoms with van der Waals surface area (Å²) in [6, 6.07) is 32.4. The van der Waals surface area contributed by atoms with E-state index in [0.717, 1.165) is 5.56 Å². The van der Waals surface area contributed by atoms with E-state index in [-0.39, 0.29) is 0 Å². The van der Waals surface area contributed by atoms with Gasteiger partial charge in [0, 0.05) is 0 Å². The van der Waals surface area contributed by atoms with Gasteiger partial charge in [0.25, 0.3) is 0 Å². The predicted octanol–water partition coefficient (Wildman–Crippen LogP) is 4.77. The summed E-state index contributed by atoms with van der Waals surface area (Å²) in [6.07, 6.45) is 0. The van der Waals surface area contributed by atoms with E-state index in [9.17, 15) is 14.4 Å². The van der Waals surface area contributed by atoms with Crippen LogP contribution in [0.25, 0.3) is 11.1 Å². The van der Waals surface area contributed by atoms with Crippen LogP contribution in [0.2, 0.25) is 0 Å². The van der Waals surface area contributed by atoms with Crippen molar-refractivity contribution >= 4 is 7.32 Å². The Morgan fingerprint density at radius 2 is 1.17 bits per heavy atom. The molecule has 0 atom stereocenters. The summed E-state index contributed by atoms with van der Waals surface area (Å²) in [7, 11) is -2.06. The Morgan fingerprint density at radius 1 is 0.667 bits per heavy atom. The predicted molar refractivity (Wildman–Crippen MR) is 116 cm³/mol. The first kappa shape index (κ1) is 20.0. The highest BCUT2D eigenvalue weighted by atomic mass is 19.1. The number of rotatable bonds is 6. The van der Waals surface area contributed by atoms with Crippen molar-refractivity contribution in [1.29, 1.82) is 0 Å². The molecule has 30 heavy (non-hydrogen) atoms. The molecule has 0 spiro atoms. The molecule has 0 aliphatic heterocycles. The smallest absolute Gasteiger partial charge is 0.402 e. The Morgan fingerprint density at radius 3 is 1.67 bits per heavy atom. The number of hydrogen-bond acceptors (Lipinski definition) is 3. The minimum atomic E-state index is -2.06. The zero-order chi connectivity index (χ0) is 21.0. The highest BCUT2D eigenvalue weighted by molar-refractivity contribution is 6.33. The van der Waals surface area contributed by atoms with Crippen LogP contribution < -0.4 is 0 Å². The highest BCUT2D eigenvalue weighted by Crippen LogP contribution is 2.44. The van der Waals surface area contributed by atoms with Crippen LogP contribution in [0, 0.1) is 5.82 Å². The zero-order valence-corrected chi connectivity index (χ0v) is 16.2. The summed E-state index contributed by atoms with van der Waals surface area (Å²) in [5, 5.41) is 19.9. The van der Waals surface area contributed by atoms with E-state index < -0.39 is 18.7 Å². The lowest BCUT2D eigenvalue weighted by atomic mass is 9.76. The van der Waals surface area contributed by atoms with Crippen LogP contribution in [0.3, 0.4) is 0 Å². The SMILES string of the molecule is OB(O)OC(c1ccccc1)(c1ccccc1)c1ccc(F)cc1-c1ccccc1. The van der Waals surface area contributed by atoms with E-state index in [1.807, 2.05) is 91.0 Å². The molecule has 0 unspecified atom stereocenters. The highest BCUT2D eigenvalue weighted by Gasteiger charge is 2.42. The van der Waals surface area contributed by atoms with Crippen LogP contribution in [0.5, 0.6) is 0 Å². The lowest BCUT2D eigenvalue weighted by Crippen LogP contribution is -2.39. The van der Waals surface area contributed by atoms with E-state index in [1.54, 1.807) is 6.07 Å². The molecule has 0 aromatic heterocycles. The van der Waals surface area contributed by atoms with Crippen molar-refractivity contribution in [3.63, 3.8) is 0 Å². The van der Waals surface area contributed by atoms with E-state index in [4.69, 9.17) is 4.65 Å². The second kappa shape index (κ2) is 8.63. The molecule has 0 fully saturated rings. The first-order valence-electron chi connectivity index (χ1n) is 9.62. The van der Waals surface area contributed by atoms with E-state index in [1.165, 1.54) is 12.1 Å². The molecule has 4 aromatic rings. The lowest BCUT2D eigenvalue weighted by molar-refractivity contribution is 0.0819. The van der Waals surface area contributed by atoms with Gasteiger partial charge in [-0.2, -0.15) is 0 Å². The quantitative estimate of drug-likeness (QED) is 0.363. The molecule has 0 bridgehead atoms. The first-order valence-corrected chi connectivity index (χ1v) is 9.62. The zero-order valence-electron chi connectivity index (χ0n) is 16.2. The topological polar surface area (TPSA) is 49.7 Å². The minimum Gasteiger partial charge on any atom is -0.402 e. The molecule has 2 N–H and O–H groups in total. The fraction of sp³-hybridized carbons (Fsp3) is 0.0400. The fourth-order valence-electron chi connectivity index (χ4n) is 3.86. The van der Waals surface area contributed by atoms with Crippen molar-refractivity contribution in [2.75, 3.05) is 0 Å². The Kier molecular flexibility index (Phi) is 5.77. The largest absolute Gasteiger partial charge is 0.635 e. The van der Waals surface area contributed by atoms with Crippen molar-refractivity contribution in [2.45, 2.75) is 5.60 Å². The van der Waals surface area contributed by atoms with Gasteiger partial charge in [-0.25, -0.2) is 4.39 Å². The molecule has 5 heteroatoms. The summed E-state index contributed by atoms with van der Waals surface area (Å²) >= 11 is 0. The van der Waals surface area contributed by atoms with Crippen LogP contribution in [0.1, 0.15) is 16.7 Å². The number of hydrogen-bond donors (Lipinski definition) is 2. The number of halogens is 1. The van der Waals surface area contributed by atoms with E-state index in [0.29, 0.717) is 22.3 Å². The third kappa shape index (κ3) is 3.78. The van der Waals surface area contributed by atoms with Gasteiger partial charge in [-0.1, -0.05) is 97.1 Å². The molecule has 0 aliphatic rings. The van der Waals surface area contributed by atoms with E-state index >= 15 is 0 Å². The molecule has 0 saturated carbocycles. The van der Waals surface area contributed by atoms with Gasteiger partial charge >= 0.3 is 7.32 Å². The lowest BCUT2D eigenvalue weighted by Gasteiger charge is -2.37. The Labute approximate surface area is 175 Å². The standard InChI is InChI=1S/C25H20BFO3/c27-22-16-17-24(23(18-22)19-10-4-1-5-11-19)25(30-26(28)29,20-12-6-2-7-13-20)21-14-8-3-9-15-21/h1-18,28-29H. The van der Waals surface area contributed by atoms with Gasteiger partial charge in [0.2, 0.25) is 0 Å². The van der Waals surface area contributed by atoms with Crippen LogP contribution >= 0.6 is 0 Å². The summed E-state index contributed by atoms with van der Waals surface area (Å²) in [6.45, 7) is 0. The molecular weight excluding hydrogens is 378 g/mol. The summed E-state index contributed by atoms with van der Waals surface area (Å²) in [4.78, 5) is 0. The van der Waals surface area contributed by atoms with Crippen LogP contribution in [-0.2, 0) is 10.3 Å². The average Bonchev–Trinajstić information content (AvgIpc) is 2.79. The maximum absolute atomic E-state index is 14.3. The maximum Gasteiger partial charge on any atom is 0.635 e. The van der Waals surface area contributed by atoms with Crippen molar-refractivity contribution < 1.29 is 19.1 Å². The maximum atomic E-state index is 14.3. The van der Waals surface area contributed by atoms with Gasteiger partial charge in [-0.05, 0) is 39.9 Å². The Bertz CT molecular complexity index is 1060. The molecule has 0 radical (unpaired) electrons. The Hall–Kier alpha value is -3.25. The molecule has 0 saturated heterocycles. The van der Waals surface area contributed by atoms with Crippen molar-refractivity contribution in [3.05, 3.63) is 132 Å². The molecule has 4 aromatic carbocycles.